The molecule has 0 spiro atoms. The van der Waals surface area contributed by atoms with Crippen molar-refractivity contribution in [2.45, 2.75) is 28.7 Å². The SMILES string of the molecule is C.C.Cc1ccc(Br)cc1.Cc1ccc(N2CCNCC2)cc1. The van der Waals surface area contributed by atoms with Crippen LogP contribution in [0, 0.1) is 13.8 Å². The van der Waals surface area contributed by atoms with E-state index in [0.717, 1.165) is 30.7 Å². The molecule has 3 rings (SSSR count). The van der Waals surface area contributed by atoms with Crippen LogP contribution in [0.1, 0.15) is 26.0 Å². The highest BCUT2D eigenvalue weighted by atomic mass is 79.9. The molecule has 2 aromatic carbocycles. The third kappa shape index (κ3) is 7.67. The summed E-state index contributed by atoms with van der Waals surface area (Å²) in [6.07, 6.45) is 0. The van der Waals surface area contributed by atoms with E-state index in [1.165, 1.54) is 16.8 Å². The van der Waals surface area contributed by atoms with Crippen LogP contribution < -0.4 is 10.2 Å². The van der Waals surface area contributed by atoms with Gasteiger partial charge in [0.05, 0.1) is 0 Å². The molecule has 128 valence electrons. The Morgan fingerprint density at radius 1 is 0.783 bits per heavy atom. The highest BCUT2D eigenvalue weighted by molar-refractivity contribution is 9.10. The van der Waals surface area contributed by atoms with Gasteiger partial charge in [-0.05, 0) is 38.1 Å². The smallest absolute Gasteiger partial charge is 0.0367 e. The number of anilines is 1. The Labute approximate surface area is 151 Å². The molecular formula is C20H31BrN2. The normalized spacial score (nSPS) is 13.1. The molecule has 0 radical (unpaired) electrons. The van der Waals surface area contributed by atoms with Crippen molar-refractivity contribution in [3.8, 4) is 0 Å². The van der Waals surface area contributed by atoms with Crippen LogP contribution >= 0.6 is 15.9 Å². The van der Waals surface area contributed by atoms with E-state index in [0.29, 0.717) is 0 Å². The van der Waals surface area contributed by atoms with E-state index >= 15 is 0 Å². The van der Waals surface area contributed by atoms with Gasteiger partial charge >= 0.3 is 0 Å². The lowest BCUT2D eigenvalue weighted by Crippen LogP contribution is -2.43. The van der Waals surface area contributed by atoms with Crippen molar-refractivity contribution in [3.63, 3.8) is 0 Å². The summed E-state index contributed by atoms with van der Waals surface area (Å²) in [7, 11) is 0. The van der Waals surface area contributed by atoms with E-state index in [9.17, 15) is 0 Å². The van der Waals surface area contributed by atoms with Crippen molar-refractivity contribution in [3.05, 3.63) is 64.1 Å². The highest BCUT2D eigenvalue weighted by Crippen LogP contribution is 2.14. The van der Waals surface area contributed by atoms with Gasteiger partial charge in [0, 0.05) is 36.3 Å². The number of rotatable bonds is 1. The molecule has 23 heavy (non-hydrogen) atoms. The molecule has 0 aliphatic carbocycles. The van der Waals surface area contributed by atoms with E-state index in [-0.39, 0.29) is 14.9 Å². The molecule has 1 heterocycles. The standard InChI is InChI=1S/C11H16N2.C7H7Br.2CH4/c1-10-2-4-11(5-3-10)13-8-6-12-7-9-13;1-6-2-4-7(8)5-3-6;;/h2-5,12H,6-9H2,1H3;2-5H,1H3;2*1H4. The molecule has 1 saturated heterocycles. The van der Waals surface area contributed by atoms with Gasteiger partial charge in [0.15, 0.2) is 0 Å². The van der Waals surface area contributed by atoms with Crippen LogP contribution in [0.15, 0.2) is 53.0 Å². The number of nitrogens with zero attached hydrogens (tertiary/aromatic N) is 1. The molecule has 0 bridgehead atoms. The van der Waals surface area contributed by atoms with Gasteiger partial charge in [0.1, 0.15) is 0 Å². The first-order valence-electron chi connectivity index (χ1n) is 7.39. The first-order chi connectivity index (χ1) is 10.1. The van der Waals surface area contributed by atoms with Crippen molar-refractivity contribution in [2.75, 3.05) is 31.1 Å². The predicted octanol–water partition coefficient (Wildman–Crippen LogP) is 5.43. The molecule has 1 fully saturated rings. The largest absolute Gasteiger partial charge is 0.369 e. The second kappa shape index (κ2) is 11.3. The molecule has 0 unspecified atom stereocenters. The van der Waals surface area contributed by atoms with Gasteiger partial charge in [-0.25, -0.2) is 0 Å². The molecule has 2 aromatic rings. The summed E-state index contributed by atoms with van der Waals surface area (Å²) in [5, 5.41) is 3.35. The molecule has 1 aliphatic rings. The van der Waals surface area contributed by atoms with E-state index in [1.807, 2.05) is 12.1 Å². The van der Waals surface area contributed by atoms with Gasteiger partial charge in [0.25, 0.3) is 0 Å². The number of aryl methyl sites for hydroxylation is 2. The van der Waals surface area contributed by atoms with Gasteiger partial charge < -0.3 is 10.2 Å². The van der Waals surface area contributed by atoms with E-state index < -0.39 is 0 Å². The fraction of sp³-hybridized carbons (Fsp3) is 0.400. The summed E-state index contributed by atoms with van der Waals surface area (Å²) in [5.41, 5.74) is 3.99. The van der Waals surface area contributed by atoms with Gasteiger partial charge in [0.2, 0.25) is 0 Å². The summed E-state index contributed by atoms with van der Waals surface area (Å²) in [5.74, 6) is 0. The fourth-order valence-electron chi connectivity index (χ4n) is 2.21. The van der Waals surface area contributed by atoms with E-state index in [2.05, 4.69) is 76.4 Å². The zero-order chi connectivity index (χ0) is 15.1. The van der Waals surface area contributed by atoms with E-state index in [4.69, 9.17) is 0 Å². The highest BCUT2D eigenvalue weighted by Gasteiger charge is 2.08. The molecule has 0 amide bonds. The molecule has 0 aromatic heterocycles. The third-order valence-electron chi connectivity index (χ3n) is 3.53. The lowest BCUT2D eigenvalue weighted by Gasteiger charge is -2.29. The molecule has 2 nitrogen and oxygen atoms in total. The second-order valence-electron chi connectivity index (χ2n) is 5.37. The van der Waals surface area contributed by atoms with Crippen LogP contribution in [0.3, 0.4) is 0 Å². The van der Waals surface area contributed by atoms with Crippen molar-refractivity contribution in [1.29, 1.82) is 0 Å². The predicted molar refractivity (Wildman–Crippen MR) is 109 cm³/mol. The number of halogens is 1. The Bertz CT molecular complexity index is 508. The average molecular weight is 379 g/mol. The Balaban J connectivity index is 0.000000425. The van der Waals surface area contributed by atoms with Crippen molar-refractivity contribution < 1.29 is 0 Å². The van der Waals surface area contributed by atoms with Crippen LogP contribution in [0.4, 0.5) is 5.69 Å². The number of hydrogen-bond acceptors (Lipinski definition) is 2. The second-order valence-corrected chi connectivity index (χ2v) is 6.28. The van der Waals surface area contributed by atoms with Gasteiger partial charge in [-0.2, -0.15) is 0 Å². The molecule has 0 atom stereocenters. The van der Waals surface area contributed by atoms with Crippen LogP contribution in [0.5, 0.6) is 0 Å². The Hall–Kier alpha value is -1.32. The van der Waals surface area contributed by atoms with Crippen LogP contribution in [0.2, 0.25) is 0 Å². The monoisotopic (exact) mass is 378 g/mol. The van der Waals surface area contributed by atoms with Crippen molar-refractivity contribution in [1.82, 2.24) is 5.32 Å². The first-order valence-corrected chi connectivity index (χ1v) is 8.19. The van der Waals surface area contributed by atoms with Gasteiger partial charge in [-0.1, -0.05) is 66.2 Å². The number of nitrogens with one attached hydrogen (secondary N) is 1. The average Bonchev–Trinajstić information content (AvgIpc) is 2.52. The molecular weight excluding hydrogens is 348 g/mol. The molecule has 0 saturated carbocycles. The lowest BCUT2D eigenvalue weighted by molar-refractivity contribution is 0.589. The van der Waals surface area contributed by atoms with Crippen LogP contribution in [0.25, 0.3) is 0 Å². The minimum absolute atomic E-state index is 0. The zero-order valence-corrected chi connectivity index (χ0v) is 14.4. The maximum atomic E-state index is 3.35. The Morgan fingerprint density at radius 3 is 1.65 bits per heavy atom. The van der Waals surface area contributed by atoms with E-state index in [1.54, 1.807) is 0 Å². The minimum atomic E-state index is 0. The Kier molecular flexibility index (Phi) is 10.6. The van der Waals surface area contributed by atoms with Crippen LogP contribution in [-0.4, -0.2) is 26.2 Å². The van der Waals surface area contributed by atoms with Crippen LogP contribution in [-0.2, 0) is 0 Å². The molecule has 3 heteroatoms. The maximum absolute atomic E-state index is 3.35. The number of hydrogen-bond donors (Lipinski definition) is 1. The number of piperazine rings is 1. The van der Waals surface area contributed by atoms with Gasteiger partial charge in [-0.15, -0.1) is 0 Å². The summed E-state index contributed by atoms with van der Waals surface area (Å²) in [6.45, 7) is 8.67. The van der Waals surface area contributed by atoms with Crippen molar-refractivity contribution in [2.24, 2.45) is 0 Å². The minimum Gasteiger partial charge on any atom is -0.369 e. The fourth-order valence-corrected chi connectivity index (χ4v) is 2.48. The summed E-state index contributed by atoms with van der Waals surface area (Å²) < 4.78 is 1.14. The topological polar surface area (TPSA) is 15.3 Å². The summed E-state index contributed by atoms with van der Waals surface area (Å²) >= 11 is 3.35. The van der Waals surface area contributed by atoms with Crippen molar-refractivity contribution >= 4 is 21.6 Å². The summed E-state index contributed by atoms with van der Waals surface area (Å²) in [6, 6.07) is 17.0. The lowest BCUT2D eigenvalue weighted by atomic mass is 10.2. The quantitative estimate of drug-likeness (QED) is 0.710. The van der Waals surface area contributed by atoms with Gasteiger partial charge in [-0.3, -0.25) is 0 Å². The third-order valence-corrected chi connectivity index (χ3v) is 4.06. The number of benzene rings is 2. The molecule has 1 N–H and O–H groups in total. The molecule has 1 aliphatic heterocycles. The summed E-state index contributed by atoms with van der Waals surface area (Å²) in [4.78, 5) is 2.43. The Morgan fingerprint density at radius 2 is 1.22 bits per heavy atom. The maximum Gasteiger partial charge on any atom is 0.0367 e. The first kappa shape index (κ1) is 21.7. The zero-order valence-electron chi connectivity index (χ0n) is 12.8.